The summed E-state index contributed by atoms with van der Waals surface area (Å²) in [6.45, 7) is 4.97. The van der Waals surface area contributed by atoms with E-state index in [4.69, 9.17) is 0 Å². The lowest BCUT2D eigenvalue weighted by atomic mass is 10.1. The maximum atomic E-state index is 2.61. The third-order valence-corrected chi connectivity index (χ3v) is 6.15. The fourth-order valence-corrected chi connectivity index (χ4v) is 4.66. The van der Waals surface area contributed by atoms with Crippen LogP contribution in [0.3, 0.4) is 0 Å². The van der Waals surface area contributed by atoms with Gasteiger partial charge in [-0.15, -0.1) is 11.8 Å². The van der Waals surface area contributed by atoms with Crippen LogP contribution in [0.15, 0.2) is 0 Å². The van der Waals surface area contributed by atoms with Gasteiger partial charge in [0, 0.05) is 18.2 Å². The molecular formula is C17H35NS2. The van der Waals surface area contributed by atoms with Gasteiger partial charge in [-0.05, 0) is 37.3 Å². The van der Waals surface area contributed by atoms with Crippen molar-refractivity contribution < 1.29 is 0 Å². The Morgan fingerprint density at radius 2 is 1.50 bits per heavy atom. The fourth-order valence-electron chi connectivity index (χ4n) is 2.61. The molecule has 0 saturated carbocycles. The van der Waals surface area contributed by atoms with Gasteiger partial charge in [0.15, 0.2) is 0 Å². The summed E-state index contributed by atoms with van der Waals surface area (Å²) in [4.78, 5) is 2.61. The zero-order valence-corrected chi connectivity index (χ0v) is 15.2. The quantitative estimate of drug-likeness (QED) is 0.381. The van der Waals surface area contributed by atoms with Crippen molar-refractivity contribution in [2.24, 2.45) is 0 Å². The van der Waals surface area contributed by atoms with E-state index in [1.807, 2.05) is 0 Å². The van der Waals surface area contributed by atoms with Crippen molar-refractivity contribution in [1.29, 1.82) is 0 Å². The zero-order valence-electron chi connectivity index (χ0n) is 13.6. The topological polar surface area (TPSA) is 3.24 Å². The van der Waals surface area contributed by atoms with Crippen LogP contribution in [0.2, 0.25) is 0 Å². The predicted molar refractivity (Wildman–Crippen MR) is 98.1 cm³/mol. The van der Waals surface area contributed by atoms with Gasteiger partial charge in [0.25, 0.3) is 0 Å². The Bertz CT molecular complexity index is 193. The molecule has 20 heavy (non-hydrogen) atoms. The van der Waals surface area contributed by atoms with Gasteiger partial charge >= 0.3 is 0 Å². The highest BCUT2D eigenvalue weighted by Crippen LogP contribution is 2.15. The number of hydrogen-bond donors (Lipinski definition) is 0. The van der Waals surface area contributed by atoms with Gasteiger partial charge in [-0.2, -0.15) is 11.8 Å². The highest BCUT2D eigenvalue weighted by atomic mass is 32.2. The molecule has 0 aromatic rings. The van der Waals surface area contributed by atoms with Gasteiger partial charge in [-0.1, -0.05) is 51.9 Å². The molecule has 120 valence electrons. The number of nitrogens with zero attached hydrogens (tertiary/aromatic N) is 1. The van der Waals surface area contributed by atoms with Crippen LogP contribution in [0.25, 0.3) is 0 Å². The molecule has 1 rings (SSSR count). The van der Waals surface area contributed by atoms with Crippen LogP contribution in [0, 0.1) is 0 Å². The Labute approximate surface area is 136 Å². The Morgan fingerprint density at radius 3 is 2.15 bits per heavy atom. The highest BCUT2D eigenvalue weighted by molar-refractivity contribution is 7.99. The molecule has 3 heteroatoms. The second-order valence-corrected chi connectivity index (χ2v) is 8.25. The van der Waals surface area contributed by atoms with Crippen molar-refractivity contribution in [1.82, 2.24) is 4.90 Å². The second kappa shape index (κ2) is 14.6. The van der Waals surface area contributed by atoms with E-state index >= 15 is 0 Å². The van der Waals surface area contributed by atoms with E-state index in [-0.39, 0.29) is 0 Å². The summed E-state index contributed by atoms with van der Waals surface area (Å²) in [5.74, 6) is 5.44. The molecule has 1 aliphatic heterocycles. The molecule has 0 radical (unpaired) electrons. The standard InChI is InChI=1S/C17H35NS2/c1-2-3-4-5-7-10-14-19-15-11-8-6-9-12-18-13-16-20-17-18/h2-17H2,1H3. The van der Waals surface area contributed by atoms with E-state index in [0.717, 1.165) is 0 Å². The van der Waals surface area contributed by atoms with Crippen LogP contribution in [-0.2, 0) is 0 Å². The minimum absolute atomic E-state index is 1.29. The SMILES string of the molecule is CCCCCCCCSCCCCCCN1CCSC1. The van der Waals surface area contributed by atoms with Crippen molar-refractivity contribution in [2.75, 3.05) is 36.2 Å². The first kappa shape index (κ1) is 18.7. The van der Waals surface area contributed by atoms with Crippen LogP contribution in [-0.4, -0.2) is 41.1 Å². The highest BCUT2D eigenvalue weighted by Gasteiger charge is 2.10. The summed E-state index contributed by atoms with van der Waals surface area (Å²) in [6, 6.07) is 0. The fraction of sp³-hybridized carbons (Fsp3) is 1.00. The van der Waals surface area contributed by atoms with Gasteiger partial charge in [0.2, 0.25) is 0 Å². The molecule has 1 heterocycles. The van der Waals surface area contributed by atoms with Crippen LogP contribution in [0.1, 0.15) is 71.1 Å². The number of unbranched alkanes of at least 4 members (excludes halogenated alkanes) is 8. The van der Waals surface area contributed by atoms with Crippen molar-refractivity contribution in [2.45, 2.75) is 71.1 Å². The summed E-state index contributed by atoms with van der Waals surface area (Å²) in [5.41, 5.74) is 0. The smallest absolute Gasteiger partial charge is 0.0445 e. The number of hydrogen-bond acceptors (Lipinski definition) is 3. The summed E-state index contributed by atoms with van der Waals surface area (Å²) in [5, 5.41) is 0. The van der Waals surface area contributed by atoms with Gasteiger partial charge < -0.3 is 0 Å². The molecule has 0 aromatic carbocycles. The number of rotatable bonds is 14. The Hall–Kier alpha value is 0.660. The lowest BCUT2D eigenvalue weighted by Gasteiger charge is -2.12. The first-order chi connectivity index (χ1) is 9.93. The van der Waals surface area contributed by atoms with E-state index < -0.39 is 0 Å². The third kappa shape index (κ3) is 11.3. The lowest BCUT2D eigenvalue weighted by molar-refractivity contribution is 0.344. The maximum absolute atomic E-state index is 2.61. The van der Waals surface area contributed by atoms with Gasteiger partial charge in [0.1, 0.15) is 0 Å². The first-order valence-electron chi connectivity index (χ1n) is 8.81. The van der Waals surface area contributed by atoms with Crippen molar-refractivity contribution >= 4 is 23.5 Å². The van der Waals surface area contributed by atoms with Gasteiger partial charge in [-0.3, -0.25) is 4.90 Å². The van der Waals surface area contributed by atoms with Gasteiger partial charge in [-0.25, -0.2) is 0 Å². The largest absolute Gasteiger partial charge is 0.293 e. The summed E-state index contributed by atoms with van der Waals surface area (Å²) in [6.07, 6.45) is 14.4. The van der Waals surface area contributed by atoms with Crippen molar-refractivity contribution in [3.05, 3.63) is 0 Å². The normalized spacial score (nSPS) is 16.1. The molecule has 1 saturated heterocycles. The average Bonchev–Trinajstić information content (AvgIpc) is 2.97. The molecule has 0 unspecified atom stereocenters. The molecule has 1 nitrogen and oxygen atoms in total. The predicted octanol–water partition coefficient (Wildman–Crippen LogP) is 5.65. The maximum Gasteiger partial charge on any atom is 0.0445 e. The molecule has 1 fully saturated rings. The molecule has 0 N–H and O–H groups in total. The van der Waals surface area contributed by atoms with Crippen LogP contribution in [0.5, 0.6) is 0 Å². The summed E-state index contributed by atoms with van der Waals surface area (Å²) in [7, 11) is 0. The lowest BCUT2D eigenvalue weighted by Crippen LogP contribution is -2.20. The molecule has 0 aromatic heterocycles. The average molecular weight is 318 g/mol. The van der Waals surface area contributed by atoms with Crippen LogP contribution < -0.4 is 0 Å². The van der Waals surface area contributed by atoms with E-state index in [0.29, 0.717) is 0 Å². The summed E-state index contributed by atoms with van der Waals surface area (Å²) < 4.78 is 0. The van der Waals surface area contributed by atoms with E-state index in [1.165, 1.54) is 100 Å². The van der Waals surface area contributed by atoms with E-state index in [9.17, 15) is 0 Å². The van der Waals surface area contributed by atoms with E-state index in [1.54, 1.807) is 0 Å². The molecular weight excluding hydrogens is 282 g/mol. The second-order valence-electron chi connectivity index (χ2n) is 5.95. The Morgan fingerprint density at radius 1 is 0.850 bits per heavy atom. The monoisotopic (exact) mass is 317 g/mol. The van der Waals surface area contributed by atoms with Crippen molar-refractivity contribution in [3.8, 4) is 0 Å². The Kier molecular flexibility index (Phi) is 13.6. The molecule has 0 spiro atoms. The first-order valence-corrected chi connectivity index (χ1v) is 11.1. The van der Waals surface area contributed by atoms with E-state index in [2.05, 4.69) is 35.3 Å². The zero-order chi connectivity index (χ0) is 14.3. The van der Waals surface area contributed by atoms with Crippen molar-refractivity contribution in [3.63, 3.8) is 0 Å². The molecule has 1 aliphatic rings. The molecule has 0 amide bonds. The third-order valence-electron chi connectivity index (χ3n) is 3.98. The number of thioether (sulfide) groups is 2. The molecule has 0 bridgehead atoms. The van der Waals surface area contributed by atoms with Crippen LogP contribution >= 0.6 is 23.5 Å². The molecule has 0 aliphatic carbocycles. The minimum Gasteiger partial charge on any atom is -0.293 e. The molecule has 0 atom stereocenters. The summed E-state index contributed by atoms with van der Waals surface area (Å²) >= 11 is 4.28. The Balaban J connectivity index is 1.66. The minimum atomic E-state index is 1.29. The van der Waals surface area contributed by atoms with Gasteiger partial charge in [0.05, 0.1) is 0 Å². The van der Waals surface area contributed by atoms with Crippen LogP contribution in [0.4, 0.5) is 0 Å².